The number of nitrogens with one attached hydrogen (secondary N) is 1. The summed E-state index contributed by atoms with van der Waals surface area (Å²) in [5, 5.41) is 3.46. The van der Waals surface area contributed by atoms with E-state index >= 15 is 0 Å². The van der Waals surface area contributed by atoms with Gasteiger partial charge in [0.2, 0.25) is 0 Å². The molecule has 0 saturated carbocycles. The quantitative estimate of drug-likeness (QED) is 0.568. The molecule has 0 aromatic rings. The van der Waals surface area contributed by atoms with Crippen molar-refractivity contribution < 1.29 is 9.47 Å². The molecule has 0 aliphatic rings. The summed E-state index contributed by atoms with van der Waals surface area (Å²) in [6.07, 6.45) is 1.19. The van der Waals surface area contributed by atoms with Crippen molar-refractivity contribution in [3.05, 3.63) is 0 Å². The summed E-state index contributed by atoms with van der Waals surface area (Å²) in [6, 6.07) is 0.474. The second-order valence-electron chi connectivity index (χ2n) is 3.82. The Bertz CT molecular complexity index is 131. The smallest absolute Gasteiger partial charge is 0.0701 e. The molecule has 0 rings (SSSR count). The molecule has 2 unspecified atom stereocenters. The van der Waals surface area contributed by atoms with Crippen LogP contribution in [-0.2, 0) is 9.47 Å². The van der Waals surface area contributed by atoms with Gasteiger partial charge >= 0.3 is 0 Å². The first-order chi connectivity index (χ1) is 7.26. The van der Waals surface area contributed by atoms with Crippen molar-refractivity contribution >= 4 is 0 Å². The predicted octanol–water partition coefficient (Wildman–Crippen LogP) is 2.06. The van der Waals surface area contributed by atoms with E-state index in [9.17, 15) is 0 Å². The van der Waals surface area contributed by atoms with E-state index < -0.39 is 0 Å². The van der Waals surface area contributed by atoms with E-state index in [2.05, 4.69) is 26.1 Å². The van der Waals surface area contributed by atoms with E-state index in [1.165, 1.54) is 6.42 Å². The van der Waals surface area contributed by atoms with E-state index in [1.54, 1.807) is 0 Å². The molecule has 0 spiro atoms. The zero-order chi connectivity index (χ0) is 11.5. The second-order valence-corrected chi connectivity index (χ2v) is 3.82. The van der Waals surface area contributed by atoms with Gasteiger partial charge in [-0.1, -0.05) is 27.2 Å². The molecule has 0 aliphatic carbocycles. The molecule has 0 radical (unpaired) electrons. The van der Waals surface area contributed by atoms with Crippen LogP contribution >= 0.6 is 0 Å². The van der Waals surface area contributed by atoms with Crippen LogP contribution in [0.2, 0.25) is 0 Å². The summed E-state index contributed by atoms with van der Waals surface area (Å²) in [6.45, 7) is 12.6. The van der Waals surface area contributed by atoms with Crippen LogP contribution in [0.1, 0.15) is 34.1 Å². The van der Waals surface area contributed by atoms with Crippen molar-refractivity contribution in [3.8, 4) is 0 Å². The third-order valence-electron chi connectivity index (χ3n) is 2.67. The maximum absolute atomic E-state index is 5.59. The number of ether oxygens (including phenoxy) is 2. The van der Waals surface area contributed by atoms with Crippen LogP contribution in [0.15, 0.2) is 0 Å². The molecular weight excluding hydrogens is 190 g/mol. The third kappa shape index (κ3) is 7.77. The number of hydrogen-bond acceptors (Lipinski definition) is 3. The molecule has 0 saturated heterocycles. The normalized spacial score (nSPS) is 15.2. The minimum absolute atomic E-state index is 0.474. The average Bonchev–Trinajstić information content (AvgIpc) is 2.26. The first-order valence-electron chi connectivity index (χ1n) is 6.15. The van der Waals surface area contributed by atoms with Crippen LogP contribution in [-0.4, -0.2) is 39.0 Å². The van der Waals surface area contributed by atoms with E-state index in [4.69, 9.17) is 9.47 Å². The summed E-state index contributed by atoms with van der Waals surface area (Å²) in [4.78, 5) is 0. The Morgan fingerprint density at radius 2 is 1.73 bits per heavy atom. The van der Waals surface area contributed by atoms with Gasteiger partial charge in [-0.15, -0.1) is 0 Å². The van der Waals surface area contributed by atoms with Crippen molar-refractivity contribution in [3.63, 3.8) is 0 Å². The molecule has 2 atom stereocenters. The summed E-state index contributed by atoms with van der Waals surface area (Å²) in [7, 11) is 0. The van der Waals surface area contributed by atoms with Crippen molar-refractivity contribution in [1.29, 1.82) is 0 Å². The van der Waals surface area contributed by atoms with Crippen LogP contribution in [0.4, 0.5) is 0 Å². The first kappa shape index (κ1) is 14.9. The highest BCUT2D eigenvalue weighted by Gasteiger charge is 2.14. The predicted molar refractivity (Wildman–Crippen MR) is 64.2 cm³/mol. The monoisotopic (exact) mass is 217 g/mol. The highest BCUT2D eigenvalue weighted by atomic mass is 16.5. The van der Waals surface area contributed by atoms with Crippen molar-refractivity contribution in [2.24, 2.45) is 5.92 Å². The number of likely N-dealkylation sites (N-methyl/N-ethyl adjacent to an activating group) is 1. The Morgan fingerprint density at radius 3 is 2.27 bits per heavy atom. The molecular formula is C12H27NO2. The minimum atomic E-state index is 0.474. The molecule has 0 heterocycles. The molecule has 92 valence electrons. The lowest BCUT2D eigenvalue weighted by Gasteiger charge is -2.23. The van der Waals surface area contributed by atoms with Gasteiger partial charge in [-0.2, -0.15) is 0 Å². The van der Waals surface area contributed by atoms with Crippen LogP contribution < -0.4 is 5.32 Å². The Morgan fingerprint density at radius 1 is 1.07 bits per heavy atom. The Hall–Kier alpha value is -0.120. The van der Waals surface area contributed by atoms with Gasteiger partial charge in [0.1, 0.15) is 0 Å². The number of rotatable bonds is 10. The highest BCUT2D eigenvalue weighted by Crippen LogP contribution is 2.07. The number of hydrogen-bond donors (Lipinski definition) is 1. The standard InChI is InChI=1S/C12H27NO2/c1-5-11(4)12(13-6-2)10-15-9-8-14-7-3/h11-13H,5-10H2,1-4H3. The summed E-state index contributed by atoms with van der Waals surface area (Å²) >= 11 is 0. The molecule has 0 bridgehead atoms. The van der Waals surface area contributed by atoms with Gasteiger partial charge in [0.05, 0.1) is 19.8 Å². The van der Waals surface area contributed by atoms with Gasteiger partial charge in [0, 0.05) is 12.6 Å². The minimum Gasteiger partial charge on any atom is -0.379 e. The Labute approximate surface area is 94.5 Å². The van der Waals surface area contributed by atoms with Crippen molar-refractivity contribution in [2.45, 2.75) is 40.2 Å². The van der Waals surface area contributed by atoms with Gasteiger partial charge in [0.15, 0.2) is 0 Å². The highest BCUT2D eigenvalue weighted by molar-refractivity contribution is 4.71. The van der Waals surface area contributed by atoms with E-state index in [0.29, 0.717) is 25.2 Å². The van der Waals surface area contributed by atoms with Gasteiger partial charge in [-0.25, -0.2) is 0 Å². The van der Waals surface area contributed by atoms with Gasteiger partial charge < -0.3 is 14.8 Å². The van der Waals surface area contributed by atoms with Gasteiger partial charge in [-0.3, -0.25) is 0 Å². The van der Waals surface area contributed by atoms with Crippen LogP contribution in [0, 0.1) is 5.92 Å². The Balaban J connectivity index is 3.56. The topological polar surface area (TPSA) is 30.5 Å². The molecule has 0 fully saturated rings. The summed E-state index contributed by atoms with van der Waals surface area (Å²) in [5.41, 5.74) is 0. The zero-order valence-corrected chi connectivity index (χ0v) is 10.7. The van der Waals surface area contributed by atoms with Crippen LogP contribution in [0.3, 0.4) is 0 Å². The first-order valence-corrected chi connectivity index (χ1v) is 6.15. The summed E-state index contributed by atoms with van der Waals surface area (Å²) < 4.78 is 10.8. The fourth-order valence-corrected chi connectivity index (χ4v) is 1.44. The molecule has 0 aliphatic heterocycles. The maximum Gasteiger partial charge on any atom is 0.0701 e. The third-order valence-corrected chi connectivity index (χ3v) is 2.67. The molecule has 0 amide bonds. The average molecular weight is 217 g/mol. The zero-order valence-electron chi connectivity index (χ0n) is 10.7. The van der Waals surface area contributed by atoms with Crippen LogP contribution in [0.5, 0.6) is 0 Å². The Kier molecular flexibility index (Phi) is 10.3. The fraction of sp³-hybridized carbons (Fsp3) is 1.00. The van der Waals surface area contributed by atoms with Crippen molar-refractivity contribution in [1.82, 2.24) is 5.32 Å². The van der Waals surface area contributed by atoms with E-state index in [-0.39, 0.29) is 0 Å². The fourth-order valence-electron chi connectivity index (χ4n) is 1.44. The van der Waals surface area contributed by atoms with Crippen LogP contribution in [0.25, 0.3) is 0 Å². The second kappa shape index (κ2) is 10.4. The SMILES string of the molecule is CCNC(COCCOCC)C(C)CC. The maximum atomic E-state index is 5.59. The van der Waals surface area contributed by atoms with Gasteiger partial charge in [-0.05, 0) is 19.4 Å². The van der Waals surface area contributed by atoms with Gasteiger partial charge in [0.25, 0.3) is 0 Å². The lowest BCUT2D eigenvalue weighted by Crippen LogP contribution is -2.39. The van der Waals surface area contributed by atoms with Crippen molar-refractivity contribution in [2.75, 3.05) is 33.0 Å². The molecule has 0 aromatic heterocycles. The molecule has 15 heavy (non-hydrogen) atoms. The molecule has 1 N–H and O–H groups in total. The molecule has 0 aromatic carbocycles. The van der Waals surface area contributed by atoms with E-state index in [1.807, 2.05) is 6.92 Å². The largest absolute Gasteiger partial charge is 0.379 e. The van der Waals surface area contributed by atoms with E-state index in [0.717, 1.165) is 19.8 Å². The lowest BCUT2D eigenvalue weighted by atomic mass is 10.00. The lowest BCUT2D eigenvalue weighted by molar-refractivity contribution is 0.0369. The summed E-state index contributed by atoms with van der Waals surface area (Å²) in [5.74, 6) is 0.664. The molecule has 3 heteroatoms. The molecule has 3 nitrogen and oxygen atoms in total.